The molecule has 10 heteroatoms. The molecule has 10 nitrogen and oxygen atoms in total. The second-order valence-electron chi connectivity index (χ2n) is 9.79. The third-order valence-electron chi connectivity index (χ3n) is 6.50. The number of hydroxylamine groups is 1. The number of hydrogen-bond donors (Lipinski definition) is 6. The number of ether oxygens (including phenoxy) is 1. The summed E-state index contributed by atoms with van der Waals surface area (Å²) in [6, 6.07) is 10.9. The molecule has 3 rings (SSSR count). The minimum Gasteiger partial charge on any atom is -0.469 e. The van der Waals surface area contributed by atoms with E-state index in [1.165, 1.54) is 13.2 Å². The molecule has 0 heterocycles. The van der Waals surface area contributed by atoms with Crippen molar-refractivity contribution in [2.75, 3.05) is 19.0 Å². The topological polar surface area (TPSA) is 167 Å². The first kappa shape index (κ1) is 33.7. The molecule has 7 N–H and O–H groups in total. The largest absolute Gasteiger partial charge is 0.469 e. The lowest BCUT2D eigenvalue weighted by atomic mass is 9.78. The molecule has 3 atom stereocenters. The number of carbonyl (C=O) groups is 3. The van der Waals surface area contributed by atoms with Gasteiger partial charge in [0.2, 0.25) is 0 Å². The molecule has 2 aromatic carbocycles. The number of rotatable bonds is 11. The number of benzene rings is 2. The maximum atomic E-state index is 13.6. The highest BCUT2D eigenvalue weighted by molar-refractivity contribution is 6.06. The molecule has 1 aliphatic carbocycles. The minimum atomic E-state index is -0.867. The first-order chi connectivity index (χ1) is 20.1. The Morgan fingerprint density at radius 2 is 1.79 bits per heavy atom. The van der Waals surface area contributed by atoms with Gasteiger partial charge in [-0.15, -0.1) is 6.58 Å². The van der Waals surface area contributed by atoms with E-state index in [-0.39, 0.29) is 23.2 Å². The number of esters is 1. The predicted molar refractivity (Wildman–Crippen MR) is 164 cm³/mol. The fourth-order valence-electron chi connectivity index (χ4n) is 4.33. The monoisotopic (exact) mass is 575 g/mol. The van der Waals surface area contributed by atoms with Gasteiger partial charge in [-0.3, -0.25) is 19.8 Å². The highest BCUT2D eigenvalue weighted by atomic mass is 16.5. The summed E-state index contributed by atoms with van der Waals surface area (Å²) < 4.78 is 5.06. The van der Waals surface area contributed by atoms with E-state index >= 15 is 0 Å². The van der Waals surface area contributed by atoms with Crippen LogP contribution in [0.4, 0.5) is 5.69 Å². The number of carbonyl (C=O) groups excluding carboxylic acids is 3. The molecule has 224 valence electrons. The Kier molecular flexibility index (Phi) is 12.9. The molecule has 0 saturated carbocycles. The number of amidine groups is 1. The number of nitrogens with two attached hydrogens (primary N) is 1. The molecular weight excluding hydrogens is 534 g/mol. The van der Waals surface area contributed by atoms with Gasteiger partial charge in [0.15, 0.2) is 0 Å². The maximum absolute atomic E-state index is 13.6. The Morgan fingerprint density at radius 3 is 2.33 bits per heavy atom. The van der Waals surface area contributed by atoms with Gasteiger partial charge in [-0.2, -0.15) is 5.48 Å². The van der Waals surface area contributed by atoms with Crippen LogP contribution in [0.15, 0.2) is 78.9 Å². The molecule has 2 amide bonds. The average Bonchev–Trinajstić information content (AvgIpc) is 3.01. The number of hydrogen-bond acceptors (Lipinski definition) is 7. The van der Waals surface area contributed by atoms with Crippen molar-refractivity contribution in [3.8, 4) is 0 Å². The lowest BCUT2D eigenvalue weighted by Gasteiger charge is -2.27. The normalized spacial score (nSPS) is 16.3. The van der Waals surface area contributed by atoms with E-state index in [9.17, 15) is 19.6 Å². The van der Waals surface area contributed by atoms with Crippen LogP contribution in [0.5, 0.6) is 0 Å². The lowest BCUT2D eigenvalue weighted by Crippen LogP contribution is -2.31. The molecule has 0 saturated heterocycles. The predicted octanol–water partition coefficient (Wildman–Crippen LogP) is 4.60. The van der Waals surface area contributed by atoms with Crippen molar-refractivity contribution in [3.05, 3.63) is 101 Å². The molecule has 0 aromatic heterocycles. The van der Waals surface area contributed by atoms with E-state index in [4.69, 9.17) is 15.9 Å². The van der Waals surface area contributed by atoms with Crippen molar-refractivity contribution in [3.63, 3.8) is 0 Å². The van der Waals surface area contributed by atoms with E-state index in [0.29, 0.717) is 34.5 Å². The number of amides is 2. The standard InChI is InChI=1S/C30H35N5O5.C2H6/c1-5-26(35-39)19-8-12-22(24(14-19)29(37)34-21-10-6-18(7-11-21)27(31)32)23-13-9-20(15-25(23)30(38)40-4)28(36)33-16-17(2)3;1-2/h5-15,17,23,25-26,35,39H,1,16H2,2-4H3,(H3,31,32)(H,33,36)(H,34,37);1-2H3. The average molecular weight is 576 g/mol. The van der Waals surface area contributed by atoms with Crippen molar-refractivity contribution in [2.45, 2.75) is 39.7 Å². The fourth-order valence-corrected chi connectivity index (χ4v) is 4.33. The van der Waals surface area contributed by atoms with Gasteiger partial charge in [0.1, 0.15) is 5.84 Å². The van der Waals surface area contributed by atoms with Crippen LogP contribution >= 0.6 is 0 Å². The van der Waals surface area contributed by atoms with Crippen LogP contribution in [-0.2, 0) is 14.3 Å². The second-order valence-corrected chi connectivity index (χ2v) is 9.79. The quantitative estimate of drug-likeness (QED) is 0.0749. The summed E-state index contributed by atoms with van der Waals surface area (Å²) >= 11 is 0. The summed E-state index contributed by atoms with van der Waals surface area (Å²) in [5, 5.41) is 22.8. The molecular formula is C32H41N5O5. The Hall–Kier alpha value is -4.54. The number of anilines is 1. The highest BCUT2D eigenvalue weighted by Crippen LogP contribution is 2.36. The van der Waals surface area contributed by atoms with Crippen LogP contribution in [0.3, 0.4) is 0 Å². The Morgan fingerprint density at radius 1 is 1.12 bits per heavy atom. The first-order valence-corrected chi connectivity index (χ1v) is 13.8. The number of nitrogen functional groups attached to an aromatic ring is 1. The van der Waals surface area contributed by atoms with Crippen LogP contribution in [-0.4, -0.2) is 42.5 Å². The zero-order valence-electron chi connectivity index (χ0n) is 24.7. The van der Waals surface area contributed by atoms with Crippen molar-refractivity contribution < 1.29 is 24.3 Å². The van der Waals surface area contributed by atoms with Crippen molar-refractivity contribution in [1.82, 2.24) is 10.8 Å². The summed E-state index contributed by atoms with van der Waals surface area (Å²) in [5.74, 6) is -2.64. The van der Waals surface area contributed by atoms with Gasteiger partial charge in [-0.1, -0.05) is 64.1 Å². The zero-order valence-corrected chi connectivity index (χ0v) is 24.7. The maximum Gasteiger partial charge on any atom is 0.313 e. The highest BCUT2D eigenvalue weighted by Gasteiger charge is 2.33. The van der Waals surface area contributed by atoms with Crippen LogP contribution in [0.25, 0.3) is 0 Å². The van der Waals surface area contributed by atoms with Crippen molar-refractivity contribution in [1.29, 1.82) is 5.41 Å². The SMILES string of the molecule is C=CC(NO)c1ccc(C2C=CC(C(=O)NCC(C)C)=CC2C(=O)OC)c(C(=O)Nc2ccc(C(=N)N)cc2)c1.CC. The minimum absolute atomic E-state index is 0.0944. The Labute approximate surface area is 247 Å². The molecule has 0 fully saturated rings. The molecule has 42 heavy (non-hydrogen) atoms. The molecule has 0 aliphatic heterocycles. The third kappa shape index (κ3) is 8.48. The summed E-state index contributed by atoms with van der Waals surface area (Å²) in [4.78, 5) is 39.2. The summed E-state index contributed by atoms with van der Waals surface area (Å²) in [7, 11) is 1.27. The van der Waals surface area contributed by atoms with E-state index in [1.54, 1.807) is 60.7 Å². The smallest absolute Gasteiger partial charge is 0.313 e. The molecule has 1 aliphatic rings. The molecule has 3 unspecified atom stereocenters. The van der Waals surface area contributed by atoms with E-state index in [2.05, 4.69) is 22.7 Å². The van der Waals surface area contributed by atoms with E-state index < -0.39 is 29.8 Å². The summed E-state index contributed by atoms with van der Waals surface area (Å²) in [5.41, 5.74) is 10.3. The van der Waals surface area contributed by atoms with E-state index in [1.807, 2.05) is 27.7 Å². The number of nitrogens with one attached hydrogen (secondary N) is 4. The van der Waals surface area contributed by atoms with Gasteiger partial charge in [-0.05, 0) is 47.4 Å². The van der Waals surface area contributed by atoms with E-state index in [0.717, 1.165) is 0 Å². The van der Waals surface area contributed by atoms with Crippen molar-refractivity contribution >= 4 is 29.3 Å². The molecule has 0 spiro atoms. The zero-order chi connectivity index (χ0) is 31.4. The molecule has 0 radical (unpaired) electrons. The lowest BCUT2D eigenvalue weighted by molar-refractivity contribution is -0.144. The van der Waals surface area contributed by atoms with Crippen LogP contribution in [0, 0.1) is 17.2 Å². The Bertz CT molecular complexity index is 1350. The van der Waals surface area contributed by atoms with Gasteiger partial charge in [-0.25, -0.2) is 0 Å². The van der Waals surface area contributed by atoms with Gasteiger partial charge >= 0.3 is 5.97 Å². The molecule has 2 aromatic rings. The van der Waals surface area contributed by atoms with Crippen LogP contribution in [0.2, 0.25) is 0 Å². The van der Waals surface area contributed by atoms with Gasteiger partial charge in [0.25, 0.3) is 11.8 Å². The van der Waals surface area contributed by atoms with Crippen LogP contribution < -0.4 is 21.8 Å². The third-order valence-corrected chi connectivity index (χ3v) is 6.50. The van der Waals surface area contributed by atoms with Gasteiger partial charge in [0, 0.05) is 34.9 Å². The fraction of sp³-hybridized carbons (Fsp3) is 0.312. The second kappa shape index (κ2) is 16.0. The van der Waals surface area contributed by atoms with Crippen LogP contribution in [0.1, 0.15) is 66.7 Å². The van der Waals surface area contributed by atoms with Crippen molar-refractivity contribution in [2.24, 2.45) is 17.6 Å². The number of methoxy groups -OCH3 is 1. The molecule has 0 bridgehead atoms. The van der Waals surface area contributed by atoms with Gasteiger partial charge < -0.3 is 26.3 Å². The first-order valence-electron chi connectivity index (χ1n) is 13.8. The Balaban J connectivity index is 0.00000301. The van der Waals surface area contributed by atoms with Gasteiger partial charge in [0.05, 0.1) is 19.1 Å². The summed E-state index contributed by atoms with van der Waals surface area (Å²) in [6.07, 6.45) is 6.40. The summed E-state index contributed by atoms with van der Waals surface area (Å²) in [6.45, 7) is 12.2. The number of allylic oxidation sites excluding steroid dienone is 1.